The molecule has 0 aliphatic rings. The van der Waals surface area contributed by atoms with Crippen LogP contribution in [0.25, 0.3) is 5.82 Å². The molecule has 0 bridgehead atoms. The molecule has 0 aromatic carbocycles. The fraction of sp³-hybridized carbons (Fsp3) is 0.167. The lowest BCUT2D eigenvalue weighted by Gasteiger charge is -1.96. The van der Waals surface area contributed by atoms with Gasteiger partial charge < -0.3 is 0 Å². The van der Waals surface area contributed by atoms with Crippen LogP contribution < -0.4 is 4.57 Å². The van der Waals surface area contributed by atoms with Gasteiger partial charge in [-0.25, -0.2) is 4.57 Å². The van der Waals surface area contributed by atoms with Crippen molar-refractivity contribution < 1.29 is 4.57 Å². The maximum Gasteiger partial charge on any atom is 0.327 e. The fourth-order valence-corrected chi connectivity index (χ4v) is 1.32. The SMILES string of the molecule is Cc1cc[n+](-c2cc(C)ccn2)cc1. The minimum atomic E-state index is 0.963. The molecule has 2 nitrogen and oxygen atoms in total. The minimum Gasteiger partial charge on any atom is -0.203 e. The van der Waals surface area contributed by atoms with Crippen molar-refractivity contribution in [2.75, 3.05) is 0 Å². The third kappa shape index (κ3) is 1.79. The van der Waals surface area contributed by atoms with Crippen LogP contribution in [0.5, 0.6) is 0 Å². The lowest BCUT2D eigenvalue weighted by atomic mass is 10.3. The van der Waals surface area contributed by atoms with Crippen molar-refractivity contribution >= 4 is 0 Å². The summed E-state index contributed by atoms with van der Waals surface area (Å²) in [5.41, 5.74) is 2.48. The average Bonchev–Trinajstić information content (AvgIpc) is 2.19. The van der Waals surface area contributed by atoms with Crippen LogP contribution >= 0.6 is 0 Å². The van der Waals surface area contributed by atoms with Crippen LogP contribution in [0.1, 0.15) is 11.1 Å². The third-order valence-electron chi connectivity index (χ3n) is 2.16. The van der Waals surface area contributed by atoms with Gasteiger partial charge >= 0.3 is 5.82 Å². The molecule has 2 rings (SSSR count). The number of aryl methyl sites for hydroxylation is 2. The van der Waals surface area contributed by atoms with Gasteiger partial charge in [0.2, 0.25) is 0 Å². The van der Waals surface area contributed by atoms with Crippen LogP contribution in [-0.4, -0.2) is 4.98 Å². The Morgan fingerprint density at radius 2 is 1.71 bits per heavy atom. The molecule has 14 heavy (non-hydrogen) atoms. The Kier molecular flexibility index (Phi) is 2.27. The molecule has 2 aromatic rings. The Morgan fingerprint density at radius 3 is 2.36 bits per heavy atom. The maximum absolute atomic E-state index is 4.30. The number of hydrogen-bond donors (Lipinski definition) is 0. The average molecular weight is 185 g/mol. The van der Waals surface area contributed by atoms with E-state index in [1.807, 2.05) is 29.2 Å². The van der Waals surface area contributed by atoms with Gasteiger partial charge in [-0.3, -0.25) is 0 Å². The number of hydrogen-bond acceptors (Lipinski definition) is 1. The zero-order valence-electron chi connectivity index (χ0n) is 8.44. The Hall–Kier alpha value is -1.70. The Morgan fingerprint density at radius 1 is 1.00 bits per heavy atom. The molecule has 0 unspecified atom stereocenters. The first-order valence-electron chi connectivity index (χ1n) is 4.67. The summed E-state index contributed by atoms with van der Waals surface area (Å²) >= 11 is 0. The molecule has 2 aromatic heterocycles. The van der Waals surface area contributed by atoms with E-state index < -0.39 is 0 Å². The van der Waals surface area contributed by atoms with Gasteiger partial charge in [0.05, 0.1) is 12.4 Å². The predicted molar refractivity (Wildman–Crippen MR) is 55.2 cm³/mol. The first-order valence-corrected chi connectivity index (χ1v) is 4.67. The van der Waals surface area contributed by atoms with Gasteiger partial charge in [0.1, 0.15) is 6.20 Å². The Balaban J connectivity index is 2.44. The van der Waals surface area contributed by atoms with E-state index in [4.69, 9.17) is 0 Å². The second kappa shape index (κ2) is 3.58. The van der Waals surface area contributed by atoms with Gasteiger partial charge in [-0.1, -0.05) is 0 Å². The van der Waals surface area contributed by atoms with E-state index in [9.17, 15) is 0 Å². The van der Waals surface area contributed by atoms with Gasteiger partial charge in [-0.15, -0.1) is 0 Å². The molecule has 0 radical (unpaired) electrons. The van der Waals surface area contributed by atoms with Crippen LogP contribution in [0.4, 0.5) is 0 Å². The summed E-state index contributed by atoms with van der Waals surface area (Å²) in [5.74, 6) is 0.963. The van der Waals surface area contributed by atoms with Crippen molar-refractivity contribution in [2.24, 2.45) is 0 Å². The first kappa shape index (κ1) is 8.88. The predicted octanol–water partition coefficient (Wildman–Crippen LogP) is 1.98. The highest BCUT2D eigenvalue weighted by Gasteiger charge is 2.05. The van der Waals surface area contributed by atoms with Crippen LogP contribution in [0.3, 0.4) is 0 Å². The molecule has 0 aliphatic heterocycles. The van der Waals surface area contributed by atoms with E-state index in [1.165, 1.54) is 11.1 Å². The summed E-state index contributed by atoms with van der Waals surface area (Å²) in [4.78, 5) is 4.30. The van der Waals surface area contributed by atoms with E-state index in [-0.39, 0.29) is 0 Å². The largest absolute Gasteiger partial charge is 0.327 e. The zero-order valence-corrected chi connectivity index (χ0v) is 8.44. The summed E-state index contributed by atoms with van der Waals surface area (Å²) in [6.07, 6.45) is 5.88. The van der Waals surface area contributed by atoms with E-state index in [1.54, 1.807) is 0 Å². The minimum absolute atomic E-state index is 0.963. The van der Waals surface area contributed by atoms with Crippen molar-refractivity contribution in [3.63, 3.8) is 0 Å². The van der Waals surface area contributed by atoms with Crippen molar-refractivity contribution in [1.82, 2.24) is 4.98 Å². The maximum atomic E-state index is 4.30. The smallest absolute Gasteiger partial charge is 0.203 e. The quantitative estimate of drug-likeness (QED) is 0.621. The second-order valence-corrected chi connectivity index (χ2v) is 3.47. The summed E-state index contributed by atoms with van der Waals surface area (Å²) in [6.45, 7) is 4.15. The molecule has 2 heterocycles. The standard InChI is InChI=1S/C12H13N2/c1-10-4-7-14(8-5-10)12-9-11(2)3-6-13-12/h3-9H,1-2H3/q+1. The van der Waals surface area contributed by atoms with Crippen molar-refractivity contribution in [2.45, 2.75) is 13.8 Å². The van der Waals surface area contributed by atoms with Crippen molar-refractivity contribution in [3.8, 4) is 5.82 Å². The highest BCUT2D eigenvalue weighted by atomic mass is 15.0. The van der Waals surface area contributed by atoms with Crippen LogP contribution in [0, 0.1) is 13.8 Å². The fourth-order valence-electron chi connectivity index (χ4n) is 1.32. The molecule has 0 N–H and O–H groups in total. The highest BCUT2D eigenvalue weighted by Crippen LogP contribution is 1.99. The molecular formula is C12H13N2+. The first-order chi connectivity index (χ1) is 6.75. The van der Waals surface area contributed by atoms with Crippen LogP contribution in [0.15, 0.2) is 42.9 Å². The van der Waals surface area contributed by atoms with Crippen molar-refractivity contribution in [3.05, 3.63) is 54.0 Å². The summed E-state index contributed by atoms with van der Waals surface area (Å²) in [6, 6.07) is 8.21. The van der Waals surface area contributed by atoms with Gasteiger partial charge in [-0.05, 0) is 48.2 Å². The van der Waals surface area contributed by atoms with E-state index >= 15 is 0 Å². The van der Waals surface area contributed by atoms with E-state index in [0.29, 0.717) is 0 Å². The monoisotopic (exact) mass is 185 g/mol. The molecule has 0 spiro atoms. The van der Waals surface area contributed by atoms with Gasteiger partial charge in [0.15, 0.2) is 0 Å². The van der Waals surface area contributed by atoms with Gasteiger partial charge in [0, 0.05) is 6.07 Å². The van der Waals surface area contributed by atoms with Crippen LogP contribution in [0.2, 0.25) is 0 Å². The summed E-state index contributed by atoms with van der Waals surface area (Å²) < 4.78 is 2.01. The lowest BCUT2D eigenvalue weighted by Crippen LogP contribution is -2.30. The molecule has 0 fully saturated rings. The molecule has 2 heteroatoms. The molecule has 70 valence electrons. The van der Waals surface area contributed by atoms with Crippen molar-refractivity contribution in [1.29, 1.82) is 0 Å². The lowest BCUT2D eigenvalue weighted by molar-refractivity contribution is -0.599. The topological polar surface area (TPSA) is 16.8 Å². The number of aromatic nitrogens is 2. The molecular weight excluding hydrogens is 172 g/mol. The third-order valence-corrected chi connectivity index (χ3v) is 2.16. The number of rotatable bonds is 1. The van der Waals surface area contributed by atoms with E-state index in [2.05, 4.69) is 37.0 Å². The second-order valence-electron chi connectivity index (χ2n) is 3.47. The molecule has 0 atom stereocenters. The van der Waals surface area contributed by atoms with Gasteiger partial charge in [-0.2, -0.15) is 0 Å². The summed E-state index contributed by atoms with van der Waals surface area (Å²) in [5, 5.41) is 0. The molecule has 0 saturated heterocycles. The molecule has 0 amide bonds. The molecule has 0 saturated carbocycles. The van der Waals surface area contributed by atoms with Crippen LogP contribution in [-0.2, 0) is 0 Å². The Bertz CT molecular complexity index is 432. The number of pyridine rings is 2. The molecule has 0 aliphatic carbocycles. The zero-order chi connectivity index (χ0) is 9.97. The summed E-state index contributed by atoms with van der Waals surface area (Å²) in [7, 11) is 0. The Labute approximate surface area is 83.9 Å². The highest BCUT2D eigenvalue weighted by molar-refractivity contribution is 5.19. The normalized spacial score (nSPS) is 10.1. The van der Waals surface area contributed by atoms with Gasteiger partial charge in [0.25, 0.3) is 0 Å². The van der Waals surface area contributed by atoms with E-state index in [0.717, 1.165) is 5.82 Å². The number of nitrogens with zero attached hydrogens (tertiary/aromatic N) is 2.